The Morgan fingerprint density at radius 1 is 1.03 bits per heavy atom. The lowest BCUT2D eigenvalue weighted by Gasteiger charge is -2.18. The van der Waals surface area contributed by atoms with Crippen molar-refractivity contribution in [2.75, 3.05) is 31.0 Å². The molecule has 1 aromatic heterocycles. The first-order chi connectivity index (χ1) is 16.0. The standard InChI is InChI=1S/C24H22N2O6S/c1-30-19-10-7-17(13-20(19)31-2)26-14-15(12-22(26)27)24(29)32-18-8-5-16(6-9-18)25-23(28)21-4-3-11-33-21/h3-11,13,15H,12,14H2,1-2H3,(H,25,28). The minimum absolute atomic E-state index is 0.0577. The average molecular weight is 467 g/mol. The van der Waals surface area contributed by atoms with Gasteiger partial charge in [-0.25, -0.2) is 0 Å². The highest BCUT2D eigenvalue weighted by atomic mass is 32.1. The van der Waals surface area contributed by atoms with Crippen LogP contribution in [0.2, 0.25) is 0 Å². The molecular weight excluding hydrogens is 444 g/mol. The lowest BCUT2D eigenvalue weighted by atomic mass is 10.1. The molecule has 1 N–H and O–H groups in total. The first-order valence-corrected chi connectivity index (χ1v) is 11.1. The van der Waals surface area contributed by atoms with Crippen LogP contribution in [0.1, 0.15) is 16.1 Å². The monoisotopic (exact) mass is 466 g/mol. The molecule has 170 valence electrons. The molecule has 1 aliphatic heterocycles. The molecule has 1 atom stereocenters. The number of amides is 2. The molecule has 0 bridgehead atoms. The maximum Gasteiger partial charge on any atom is 0.316 e. The molecule has 2 heterocycles. The molecule has 2 aromatic carbocycles. The highest BCUT2D eigenvalue weighted by Crippen LogP contribution is 2.34. The molecule has 3 aromatic rings. The van der Waals surface area contributed by atoms with Gasteiger partial charge < -0.3 is 24.4 Å². The van der Waals surface area contributed by atoms with Gasteiger partial charge in [-0.3, -0.25) is 14.4 Å². The van der Waals surface area contributed by atoms with E-state index in [1.807, 2.05) is 11.4 Å². The lowest BCUT2D eigenvalue weighted by Crippen LogP contribution is -2.27. The number of rotatable bonds is 7. The van der Waals surface area contributed by atoms with Crippen LogP contribution < -0.4 is 24.4 Å². The predicted molar refractivity (Wildman–Crippen MR) is 124 cm³/mol. The third kappa shape index (κ3) is 4.98. The van der Waals surface area contributed by atoms with Gasteiger partial charge in [-0.2, -0.15) is 0 Å². The van der Waals surface area contributed by atoms with Crippen molar-refractivity contribution in [2.24, 2.45) is 5.92 Å². The molecule has 1 saturated heterocycles. The number of esters is 1. The van der Waals surface area contributed by atoms with Crippen LogP contribution in [-0.2, 0) is 9.59 Å². The molecule has 0 saturated carbocycles. The van der Waals surface area contributed by atoms with Gasteiger partial charge in [0, 0.05) is 30.4 Å². The fourth-order valence-corrected chi connectivity index (χ4v) is 4.13. The van der Waals surface area contributed by atoms with Crippen molar-refractivity contribution in [1.29, 1.82) is 0 Å². The summed E-state index contributed by atoms with van der Waals surface area (Å²) in [5.41, 5.74) is 1.21. The summed E-state index contributed by atoms with van der Waals surface area (Å²) in [6.45, 7) is 0.210. The number of benzene rings is 2. The minimum Gasteiger partial charge on any atom is -0.493 e. The van der Waals surface area contributed by atoms with E-state index in [1.165, 1.54) is 30.5 Å². The van der Waals surface area contributed by atoms with Crippen LogP contribution in [0, 0.1) is 5.92 Å². The van der Waals surface area contributed by atoms with E-state index in [-0.39, 0.29) is 24.8 Å². The molecule has 2 amide bonds. The molecule has 4 rings (SSSR count). The normalized spacial score (nSPS) is 15.3. The second-order valence-corrected chi connectivity index (χ2v) is 8.27. The van der Waals surface area contributed by atoms with Gasteiger partial charge >= 0.3 is 5.97 Å². The van der Waals surface area contributed by atoms with Gasteiger partial charge in [-0.15, -0.1) is 11.3 Å². The number of hydrogen-bond donors (Lipinski definition) is 1. The average Bonchev–Trinajstić information content (AvgIpc) is 3.50. The van der Waals surface area contributed by atoms with Crippen molar-refractivity contribution >= 4 is 40.5 Å². The van der Waals surface area contributed by atoms with Crippen LogP contribution >= 0.6 is 11.3 Å². The van der Waals surface area contributed by atoms with E-state index in [0.29, 0.717) is 33.5 Å². The molecular formula is C24H22N2O6S. The van der Waals surface area contributed by atoms with E-state index in [9.17, 15) is 14.4 Å². The van der Waals surface area contributed by atoms with Gasteiger partial charge in [0.25, 0.3) is 5.91 Å². The first kappa shape index (κ1) is 22.3. The Labute approximate surface area is 194 Å². The summed E-state index contributed by atoms with van der Waals surface area (Å²) in [7, 11) is 3.06. The fourth-order valence-electron chi connectivity index (χ4n) is 3.51. The molecule has 0 aliphatic carbocycles. The molecule has 33 heavy (non-hydrogen) atoms. The van der Waals surface area contributed by atoms with Gasteiger partial charge in [0.2, 0.25) is 5.91 Å². The van der Waals surface area contributed by atoms with E-state index >= 15 is 0 Å². The van der Waals surface area contributed by atoms with Crippen molar-refractivity contribution in [3.05, 3.63) is 64.9 Å². The molecule has 9 heteroatoms. The van der Waals surface area contributed by atoms with E-state index in [1.54, 1.807) is 48.5 Å². The van der Waals surface area contributed by atoms with Crippen LogP contribution in [0.4, 0.5) is 11.4 Å². The van der Waals surface area contributed by atoms with Crippen molar-refractivity contribution in [3.8, 4) is 17.2 Å². The maximum atomic E-state index is 12.7. The van der Waals surface area contributed by atoms with Crippen molar-refractivity contribution < 1.29 is 28.6 Å². The summed E-state index contributed by atoms with van der Waals surface area (Å²) in [5.74, 6) is -0.0547. The Bertz CT molecular complexity index is 1160. The third-order valence-electron chi connectivity index (χ3n) is 5.21. The Morgan fingerprint density at radius 2 is 1.79 bits per heavy atom. The van der Waals surface area contributed by atoms with Gasteiger partial charge in [-0.1, -0.05) is 6.07 Å². The predicted octanol–water partition coefficient (Wildman–Crippen LogP) is 3.98. The highest BCUT2D eigenvalue weighted by molar-refractivity contribution is 7.12. The largest absolute Gasteiger partial charge is 0.493 e. The summed E-state index contributed by atoms with van der Waals surface area (Å²) in [4.78, 5) is 39.5. The van der Waals surface area contributed by atoms with Crippen LogP contribution in [0.25, 0.3) is 0 Å². The quantitative estimate of drug-likeness (QED) is 0.418. The Balaban J connectivity index is 1.37. The zero-order valence-corrected chi connectivity index (χ0v) is 18.9. The second-order valence-electron chi connectivity index (χ2n) is 7.32. The van der Waals surface area contributed by atoms with Gasteiger partial charge in [-0.05, 0) is 47.8 Å². The first-order valence-electron chi connectivity index (χ1n) is 10.2. The van der Waals surface area contributed by atoms with E-state index in [4.69, 9.17) is 14.2 Å². The van der Waals surface area contributed by atoms with Crippen molar-refractivity contribution in [2.45, 2.75) is 6.42 Å². The van der Waals surface area contributed by atoms with Crippen LogP contribution in [0.3, 0.4) is 0 Å². The SMILES string of the molecule is COc1ccc(N2CC(C(=O)Oc3ccc(NC(=O)c4cccs4)cc3)CC2=O)cc1OC. The molecule has 1 unspecified atom stereocenters. The lowest BCUT2D eigenvalue weighted by molar-refractivity contribution is -0.139. The Hall–Kier alpha value is -3.85. The molecule has 1 aliphatic rings. The van der Waals surface area contributed by atoms with Crippen LogP contribution in [0.5, 0.6) is 17.2 Å². The van der Waals surface area contributed by atoms with E-state index in [2.05, 4.69) is 5.32 Å². The van der Waals surface area contributed by atoms with Crippen LogP contribution in [0.15, 0.2) is 60.0 Å². The smallest absolute Gasteiger partial charge is 0.316 e. The number of nitrogens with zero attached hydrogens (tertiary/aromatic N) is 1. The number of nitrogens with one attached hydrogen (secondary N) is 1. The summed E-state index contributed by atoms with van der Waals surface area (Å²) in [6, 6.07) is 15.2. The highest BCUT2D eigenvalue weighted by Gasteiger charge is 2.36. The van der Waals surface area contributed by atoms with Gasteiger partial charge in [0.1, 0.15) is 5.75 Å². The molecule has 1 fully saturated rings. The Kier molecular flexibility index (Phi) is 6.60. The Morgan fingerprint density at radius 3 is 2.45 bits per heavy atom. The summed E-state index contributed by atoms with van der Waals surface area (Å²) in [5, 5.41) is 4.62. The number of ether oxygens (including phenoxy) is 3. The van der Waals surface area contributed by atoms with Gasteiger partial charge in [0.15, 0.2) is 11.5 Å². The maximum absolute atomic E-state index is 12.7. The minimum atomic E-state index is -0.594. The number of carbonyl (C=O) groups excluding carboxylic acids is 3. The number of methoxy groups -OCH3 is 2. The molecule has 8 nitrogen and oxygen atoms in total. The zero-order chi connectivity index (χ0) is 23.4. The molecule has 0 spiro atoms. The van der Waals surface area contributed by atoms with Crippen molar-refractivity contribution in [1.82, 2.24) is 0 Å². The van der Waals surface area contributed by atoms with Crippen LogP contribution in [-0.4, -0.2) is 38.5 Å². The number of hydrogen-bond acceptors (Lipinski definition) is 7. The van der Waals surface area contributed by atoms with Gasteiger partial charge in [0.05, 0.1) is 25.0 Å². The third-order valence-corrected chi connectivity index (χ3v) is 6.08. The van der Waals surface area contributed by atoms with E-state index in [0.717, 1.165) is 0 Å². The topological polar surface area (TPSA) is 94.2 Å². The summed E-state index contributed by atoms with van der Waals surface area (Å²) >= 11 is 1.35. The summed E-state index contributed by atoms with van der Waals surface area (Å²) < 4.78 is 16.0. The van der Waals surface area contributed by atoms with E-state index < -0.39 is 11.9 Å². The second kappa shape index (κ2) is 9.74. The number of carbonyl (C=O) groups is 3. The number of thiophene rings is 1. The number of anilines is 2. The van der Waals surface area contributed by atoms with Crippen molar-refractivity contribution in [3.63, 3.8) is 0 Å². The fraction of sp³-hybridized carbons (Fsp3) is 0.208. The zero-order valence-electron chi connectivity index (χ0n) is 18.1. The summed E-state index contributed by atoms with van der Waals surface area (Å²) in [6.07, 6.45) is 0.0577. The molecule has 0 radical (unpaired) electrons.